The molecule has 1 saturated heterocycles. The maximum atomic E-state index is 11.1. The van der Waals surface area contributed by atoms with Gasteiger partial charge in [-0.1, -0.05) is 28.1 Å². The maximum absolute atomic E-state index is 11.1. The summed E-state index contributed by atoms with van der Waals surface area (Å²) in [5, 5.41) is 7.14. The minimum Gasteiger partial charge on any atom is -0.275 e. The van der Waals surface area contributed by atoms with Gasteiger partial charge in [-0.3, -0.25) is 10.1 Å². The minimum atomic E-state index is -0.488. The monoisotopic (exact) mass is 281 g/mol. The molecule has 1 fully saturated rings. The average Bonchev–Trinajstić information content (AvgIpc) is 2.57. The van der Waals surface area contributed by atoms with Gasteiger partial charge in [0.25, 0.3) is 0 Å². The number of carbonyl (C=O) groups excluding carboxylic acids is 2. The predicted molar refractivity (Wildman–Crippen MR) is 62.0 cm³/mol. The van der Waals surface area contributed by atoms with Gasteiger partial charge in [0, 0.05) is 4.47 Å². The van der Waals surface area contributed by atoms with Gasteiger partial charge in [0.05, 0.1) is 6.21 Å². The Morgan fingerprint density at radius 1 is 1.31 bits per heavy atom. The van der Waals surface area contributed by atoms with Crippen molar-refractivity contribution >= 4 is 34.1 Å². The summed E-state index contributed by atoms with van der Waals surface area (Å²) in [6.07, 6.45) is 1.53. The third-order valence-corrected chi connectivity index (χ3v) is 2.52. The zero-order valence-electron chi connectivity index (χ0n) is 8.18. The zero-order chi connectivity index (χ0) is 11.5. The Kier molecular flexibility index (Phi) is 3.00. The highest BCUT2D eigenvalue weighted by Crippen LogP contribution is 2.09. The van der Waals surface area contributed by atoms with E-state index in [0.29, 0.717) is 0 Å². The number of rotatable bonds is 2. The molecular weight excluding hydrogens is 274 g/mol. The van der Waals surface area contributed by atoms with Gasteiger partial charge in [0.1, 0.15) is 6.54 Å². The minimum absolute atomic E-state index is 0.0220. The lowest BCUT2D eigenvalue weighted by atomic mass is 10.2. The second kappa shape index (κ2) is 4.44. The van der Waals surface area contributed by atoms with Gasteiger partial charge in [-0.25, -0.2) is 9.80 Å². The first-order chi connectivity index (χ1) is 7.65. The number of nitrogens with one attached hydrogen (secondary N) is 1. The zero-order valence-corrected chi connectivity index (χ0v) is 9.77. The van der Waals surface area contributed by atoms with Crippen LogP contribution in [-0.2, 0) is 4.79 Å². The lowest BCUT2D eigenvalue weighted by Gasteiger charge is -2.03. The van der Waals surface area contributed by atoms with Crippen LogP contribution >= 0.6 is 15.9 Å². The highest BCUT2D eigenvalue weighted by atomic mass is 79.9. The molecule has 0 saturated carbocycles. The largest absolute Gasteiger partial charge is 0.344 e. The Morgan fingerprint density at radius 2 is 2.00 bits per heavy atom. The first-order valence-corrected chi connectivity index (χ1v) is 5.35. The van der Waals surface area contributed by atoms with Gasteiger partial charge in [0.2, 0.25) is 5.91 Å². The summed E-state index contributed by atoms with van der Waals surface area (Å²) in [5.74, 6) is -0.335. The van der Waals surface area contributed by atoms with Gasteiger partial charge in [-0.15, -0.1) is 0 Å². The van der Waals surface area contributed by atoms with Crippen LogP contribution in [0.1, 0.15) is 5.56 Å². The topological polar surface area (TPSA) is 61.8 Å². The fraction of sp³-hybridized carbons (Fsp3) is 0.100. The van der Waals surface area contributed by atoms with E-state index < -0.39 is 6.03 Å². The molecule has 1 aromatic carbocycles. The summed E-state index contributed by atoms with van der Waals surface area (Å²) in [7, 11) is 0. The Morgan fingerprint density at radius 3 is 2.56 bits per heavy atom. The molecule has 82 valence electrons. The molecule has 16 heavy (non-hydrogen) atoms. The quantitative estimate of drug-likeness (QED) is 0.657. The SMILES string of the molecule is O=C1CN(/N=C\c2ccc(Br)cc2)C(=O)N1. The number of benzene rings is 1. The molecule has 2 rings (SSSR count). The van der Waals surface area contributed by atoms with Crippen molar-refractivity contribution in [3.05, 3.63) is 34.3 Å². The normalized spacial score (nSPS) is 15.9. The summed E-state index contributed by atoms with van der Waals surface area (Å²) < 4.78 is 0.971. The van der Waals surface area contributed by atoms with Crippen molar-refractivity contribution in [1.29, 1.82) is 0 Å². The molecule has 5 nitrogen and oxygen atoms in total. The predicted octanol–water partition coefficient (Wildman–Crippen LogP) is 1.33. The van der Waals surface area contributed by atoms with E-state index in [9.17, 15) is 9.59 Å². The second-order valence-electron chi connectivity index (χ2n) is 3.21. The number of halogens is 1. The van der Waals surface area contributed by atoms with Gasteiger partial charge in [-0.05, 0) is 17.7 Å². The van der Waals surface area contributed by atoms with Crippen molar-refractivity contribution in [2.24, 2.45) is 5.10 Å². The van der Waals surface area contributed by atoms with E-state index in [2.05, 4.69) is 26.3 Å². The van der Waals surface area contributed by atoms with Crippen molar-refractivity contribution < 1.29 is 9.59 Å². The first-order valence-electron chi connectivity index (χ1n) is 4.56. The Labute approximate surface area is 100 Å². The van der Waals surface area contributed by atoms with Gasteiger partial charge >= 0.3 is 6.03 Å². The molecule has 1 N–H and O–H groups in total. The molecule has 3 amide bonds. The fourth-order valence-electron chi connectivity index (χ4n) is 1.21. The van der Waals surface area contributed by atoms with Gasteiger partial charge < -0.3 is 0 Å². The molecule has 0 radical (unpaired) electrons. The second-order valence-corrected chi connectivity index (χ2v) is 4.12. The van der Waals surface area contributed by atoms with Crippen LogP contribution in [0.5, 0.6) is 0 Å². The van der Waals surface area contributed by atoms with Crippen LogP contribution in [-0.4, -0.2) is 29.7 Å². The van der Waals surface area contributed by atoms with Crippen molar-refractivity contribution in [3.8, 4) is 0 Å². The summed E-state index contributed by atoms with van der Waals surface area (Å²) in [6, 6.07) is 6.96. The van der Waals surface area contributed by atoms with Crippen molar-refractivity contribution in [2.45, 2.75) is 0 Å². The number of urea groups is 1. The molecule has 1 aliphatic rings. The number of hydrazone groups is 1. The van der Waals surface area contributed by atoms with E-state index in [1.54, 1.807) is 0 Å². The van der Waals surface area contributed by atoms with Crippen LogP contribution in [0.2, 0.25) is 0 Å². The number of nitrogens with zero attached hydrogens (tertiary/aromatic N) is 2. The highest BCUT2D eigenvalue weighted by molar-refractivity contribution is 9.10. The fourth-order valence-corrected chi connectivity index (χ4v) is 1.47. The number of amides is 3. The van der Waals surface area contributed by atoms with E-state index in [-0.39, 0.29) is 12.5 Å². The van der Waals surface area contributed by atoms with Gasteiger partial charge in [0.15, 0.2) is 0 Å². The van der Waals surface area contributed by atoms with Crippen LogP contribution in [0.15, 0.2) is 33.8 Å². The van der Waals surface area contributed by atoms with E-state index in [1.807, 2.05) is 24.3 Å². The average molecular weight is 282 g/mol. The van der Waals surface area contributed by atoms with E-state index in [0.717, 1.165) is 15.0 Å². The molecule has 1 aliphatic heterocycles. The summed E-state index contributed by atoms with van der Waals surface area (Å²) in [5.41, 5.74) is 0.857. The molecule has 0 spiro atoms. The summed E-state index contributed by atoms with van der Waals surface area (Å²) >= 11 is 3.32. The number of hydrogen-bond acceptors (Lipinski definition) is 3. The smallest absolute Gasteiger partial charge is 0.275 e. The van der Waals surface area contributed by atoms with Crippen molar-refractivity contribution in [1.82, 2.24) is 10.3 Å². The molecule has 0 aliphatic carbocycles. The lowest BCUT2D eigenvalue weighted by molar-refractivity contribution is -0.118. The van der Waals surface area contributed by atoms with Crippen LogP contribution in [0.4, 0.5) is 4.79 Å². The van der Waals surface area contributed by atoms with E-state index >= 15 is 0 Å². The Balaban J connectivity index is 2.07. The van der Waals surface area contributed by atoms with E-state index in [4.69, 9.17) is 0 Å². The standard InChI is InChI=1S/C10H8BrN3O2/c11-8-3-1-7(2-4-8)5-12-14-6-9(15)13-10(14)16/h1-5H,6H2,(H,13,15,16)/b12-5-. The highest BCUT2D eigenvalue weighted by Gasteiger charge is 2.25. The molecule has 0 aromatic heterocycles. The van der Waals surface area contributed by atoms with Crippen molar-refractivity contribution in [3.63, 3.8) is 0 Å². The molecular formula is C10H8BrN3O2. The Hall–Kier alpha value is -1.69. The third-order valence-electron chi connectivity index (χ3n) is 1.99. The third kappa shape index (κ3) is 2.46. The maximum Gasteiger partial charge on any atom is 0.344 e. The lowest BCUT2D eigenvalue weighted by Crippen LogP contribution is -2.24. The summed E-state index contributed by atoms with van der Waals surface area (Å²) in [4.78, 5) is 22.0. The molecule has 1 aromatic rings. The molecule has 0 unspecified atom stereocenters. The van der Waals surface area contributed by atoms with Crippen LogP contribution < -0.4 is 5.32 Å². The van der Waals surface area contributed by atoms with Crippen LogP contribution in [0, 0.1) is 0 Å². The molecule has 6 heteroatoms. The van der Waals surface area contributed by atoms with Crippen molar-refractivity contribution in [2.75, 3.05) is 6.54 Å². The summed E-state index contributed by atoms with van der Waals surface area (Å²) in [6.45, 7) is -0.0220. The number of imide groups is 1. The first kappa shape index (κ1) is 10.8. The molecule has 1 heterocycles. The Bertz CT molecular complexity index is 456. The van der Waals surface area contributed by atoms with Crippen LogP contribution in [0.25, 0.3) is 0 Å². The number of carbonyl (C=O) groups is 2. The van der Waals surface area contributed by atoms with Gasteiger partial charge in [-0.2, -0.15) is 5.10 Å². The van der Waals surface area contributed by atoms with Crippen LogP contribution in [0.3, 0.4) is 0 Å². The number of hydrogen-bond donors (Lipinski definition) is 1. The molecule has 0 atom stereocenters. The van der Waals surface area contributed by atoms with E-state index in [1.165, 1.54) is 6.21 Å². The molecule has 0 bridgehead atoms.